The lowest BCUT2D eigenvalue weighted by atomic mass is 9.99. The van der Waals surface area contributed by atoms with Gasteiger partial charge < -0.3 is 15.3 Å². The number of carbonyl (C=O) groups excluding carboxylic acids is 1. The fourth-order valence-corrected chi connectivity index (χ4v) is 2.57. The van der Waals surface area contributed by atoms with Crippen LogP contribution in [0.3, 0.4) is 0 Å². The van der Waals surface area contributed by atoms with Crippen molar-refractivity contribution in [2.24, 2.45) is 5.92 Å². The summed E-state index contributed by atoms with van der Waals surface area (Å²) in [5.74, 6) is 1.24. The standard InChI is InChI=1S/C15H20N2O2/c18-14-4-3-12-5-6-17(10-13(12)7-14)15(19)9-16-8-11-1-2-11/h3-4,7,11,16,18H,1-2,5-6,8-10H2. The van der Waals surface area contributed by atoms with E-state index in [1.165, 1.54) is 18.4 Å². The average Bonchev–Trinajstić information content (AvgIpc) is 3.22. The quantitative estimate of drug-likeness (QED) is 0.857. The van der Waals surface area contributed by atoms with E-state index in [2.05, 4.69) is 5.32 Å². The van der Waals surface area contributed by atoms with Crippen LogP contribution in [0.15, 0.2) is 18.2 Å². The predicted octanol–water partition coefficient (Wildman–Crippen LogP) is 1.28. The number of carbonyl (C=O) groups is 1. The number of hydrogen-bond donors (Lipinski definition) is 2. The lowest BCUT2D eigenvalue weighted by molar-refractivity contribution is -0.131. The molecule has 2 N–H and O–H groups in total. The van der Waals surface area contributed by atoms with Crippen LogP contribution < -0.4 is 5.32 Å². The van der Waals surface area contributed by atoms with Crippen molar-refractivity contribution in [2.45, 2.75) is 25.8 Å². The molecular formula is C15H20N2O2. The molecular weight excluding hydrogens is 240 g/mol. The lowest BCUT2D eigenvalue weighted by Gasteiger charge is -2.29. The third kappa shape index (κ3) is 3.07. The van der Waals surface area contributed by atoms with Crippen LogP contribution in [0.1, 0.15) is 24.0 Å². The van der Waals surface area contributed by atoms with Gasteiger partial charge in [0.25, 0.3) is 0 Å². The van der Waals surface area contributed by atoms with Crippen LogP contribution >= 0.6 is 0 Å². The van der Waals surface area contributed by atoms with Crippen LogP contribution in [0.25, 0.3) is 0 Å². The van der Waals surface area contributed by atoms with Gasteiger partial charge in [0.15, 0.2) is 0 Å². The van der Waals surface area contributed by atoms with Gasteiger partial charge in [-0.05, 0) is 55.0 Å². The summed E-state index contributed by atoms with van der Waals surface area (Å²) in [6.45, 7) is 2.80. The summed E-state index contributed by atoms with van der Waals surface area (Å²) >= 11 is 0. The maximum atomic E-state index is 12.1. The Kier molecular flexibility index (Phi) is 3.42. The molecule has 0 spiro atoms. The van der Waals surface area contributed by atoms with E-state index in [0.29, 0.717) is 13.1 Å². The number of rotatable bonds is 4. The minimum absolute atomic E-state index is 0.162. The molecule has 4 nitrogen and oxygen atoms in total. The number of fused-ring (bicyclic) bond motifs is 1. The number of aromatic hydroxyl groups is 1. The van der Waals surface area contributed by atoms with Crippen molar-refractivity contribution >= 4 is 5.91 Å². The molecule has 0 aromatic heterocycles. The molecule has 1 aromatic rings. The maximum absolute atomic E-state index is 12.1. The predicted molar refractivity (Wildman–Crippen MR) is 72.8 cm³/mol. The summed E-state index contributed by atoms with van der Waals surface area (Å²) in [5, 5.41) is 12.7. The molecule has 4 heteroatoms. The van der Waals surface area contributed by atoms with Gasteiger partial charge in [-0.2, -0.15) is 0 Å². The van der Waals surface area contributed by atoms with Gasteiger partial charge in [0.2, 0.25) is 5.91 Å². The van der Waals surface area contributed by atoms with Gasteiger partial charge in [-0.25, -0.2) is 0 Å². The van der Waals surface area contributed by atoms with Gasteiger partial charge in [-0.3, -0.25) is 4.79 Å². The molecule has 0 bridgehead atoms. The average molecular weight is 260 g/mol. The Morgan fingerprint density at radius 1 is 1.37 bits per heavy atom. The van der Waals surface area contributed by atoms with E-state index in [-0.39, 0.29) is 11.7 Å². The first kappa shape index (κ1) is 12.5. The first-order valence-corrected chi connectivity index (χ1v) is 7.01. The Balaban J connectivity index is 1.55. The molecule has 0 unspecified atom stereocenters. The Morgan fingerprint density at radius 3 is 3.00 bits per heavy atom. The number of nitrogens with zero attached hydrogens (tertiary/aromatic N) is 1. The molecule has 102 valence electrons. The van der Waals surface area contributed by atoms with Crippen LogP contribution in [-0.2, 0) is 17.8 Å². The molecule has 0 radical (unpaired) electrons. The van der Waals surface area contributed by atoms with Gasteiger partial charge in [-0.15, -0.1) is 0 Å². The summed E-state index contributed by atoms with van der Waals surface area (Å²) in [5.41, 5.74) is 2.31. The van der Waals surface area contributed by atoms with Crippen LogP contribution in [0.2, 0.25) is 0 Å². The summed E-state index contributed by atoms with van der Waals surface area (Å²) in [7, 11) is 0. The van der Waals surface area contributed by atoms with Crippen LogP contribution in [-0.4, -0.2) is 35.5 Å². The molecule has 1 amide bonds. The number of nitrogens with one attached hydrogen (secondary N) is 1. The summed E-state index contributed by atoms with van der Waals surface area (Å²) in [4.78, 5) is 14.0. The number of phenolic OH excluding ortho intramolecular Hbond substituents is 1. The number of benzene rings is 1. The molecule has 3 rings (SSSR count). The normalized spacial score (nSPS) is 18.2. The molecule has 1 heterocycles. The van der Waals surface area contributed by atoms with E-state index in [9.17, 15) is 9.90 Å². The zero-order valence-electron chi connectivity index (χ0n) is 11.1. The molecule has 0 saturated heterocycles. The second kappa shape index (κ2) is 5.21. The van der Waals surface area contributed by atoms with Crippen molar-refractivity contribution in [3.8, 4) is 5.75 Å². The largest absolute Gasteiger partial charge is 0.508 e. The maximum Gasteiger partial charge on any atom is 0.236 e. The molecule has 19 heavy (non-hydrogen) atoms. The molecule has 1 aliphatic heterocycles. The van der Waals surface area contributed by atoms with Crippen molar-refractivity contribution in [1.82, 2.24) is 10.2 Å². The lowest BCUT2D eigenvalue weighted by Crippen LogP contribution is -2.41. The molecule has 0 atom stereocenters. The Labute approximate surface area is 113 Å². The van der Waals surface area contributed by atoms with E-state index in [4.69, 9.17) is 0 Å². The first-order valence-electron chi connectivity index (χ1n) is 7.01. The minimum Gasteiger partial charge on any atom is -0.508 e. The van der Waals surface area contributed by atoms with Crippen LogP contribution in [0, 0.1) is 5.92 Å². The van der Waals surface area contributed by atoms with Gasteiger partial charge in [0.1, 0.15) is 5.75 Å². The fourth-order valence-electron chi connectivity index (χ4n) is 2.57. The Bertz CT molecular complexity index is 483. The minimum atomic E-state index is 0.162. The molecule has 1 aromatic carbocycles. The first-order chi connectivity index (χ1) is 9.22. The zero-order valence-corrected chi connectivity index (χ0v) is 11.1. The van der Waals surface area contributed by atoms with Crippen molar-refractivity contribution in [3.05, 3.63) is 29.3 Å². The Hall–Kier alpha value is -1.55. The highest BCUT2D eigenvalue weighted by Gasteiger charge is 2.23. The van der Waals surface area contributed by atoms with E-state index in [0.717, 1.165) is 31.0 Å². The van der Waals surface area contributed by atoms with Crippen LogP contribution in [0.5, 0.6) is 5.75 Å². The number of phenols is 1. The monoisotopic (exact) mass is 260 g/mol. The number of amides is 1. The smallest absolute Gasteiger partial charge is 0.236 e. The van der Waals surface area contributed by atoms with Crippen molar-refractivity contribution < 1.29 is 9.90 Å². The summed E-state index contributed by atoms with van der Waals surface area (Å²) in [6.07, 6.45) is 3.49. The van der Waals surface area contributed by atoms with Gasteiger partial charge in [0, 0.05) is 13.1 Å². The van der Waals surface area contributed by atoms with Gasteiger partial charge in [0.05, 0.1) is 6.54 Å². The third-order valence-electron chi connectivity index (χ3n) is 3.96. The SMILES string of the molecule is O=C(CNCC1CC1)N1CCc2ccc(O)cc2C1. The highest BCUT2D eigenvalue weighted by Crippen LogP contribution is 2.27. The fraction of sp³-hybridized carbons (Fsp3) is 0.533. The van der Waals surface area contributed by atoms with Crippen molar-refractivity contribution in [2.75, 3.05) is 19.6 Å². The van der Waals surface area contributed by atoms with Crippen molar-refractivity contribution in [1.29, 1.82) is 0 Å². The molecule has 2 aliphatic rings. The molecule has 1 fully saturated rings. The number of hydrogen-bond acceptors (Lipinski definition) is 3. The second-order valence-electron chi connectivity index (χ2n) is 5.59. The highest BCUT2D eigenvalue weighted by atomic mass is 16.3. The van der Waals surface area contributed by atoms with Gasteiger partial charge in [-0.1, -0.05) is 6.07 Å². The van der Waals surface area contributed by atoms with Crippen LogP contribution in [0.4, 0.5) is 0 Å². The van der Waals surface area contributed by atoms with E-state index in [1.807, 2.05) is 11.0 Å². The van der Waals surface area contributed by atoms with E-state index >= 15 is 0 Å². The van der Waals surface area contributed by atoms with E-state index < -0.39 is 0 Å². The highest BCUT2D eigenvalue weighted by molar-refractivity contribution is 5.78. The van der Waals surface area contributed by atoms with E-state index in [1.54, 1.807) is 12.1 Å². The zero-order chi connectivity index (χ0) is 13.2. The summed E-state index contributed by atoms with van der Waals surface area (Å²) < 4.78 is 0. The second-order valence-corrected chi connectivity index (χ2v) is 5.59. The Morgan fingerprint density at radius 2 is 2.21 bits per heavy atom. The summed E-state index contributed by atoms with van der Waals surface area (Å²) in [6, 6.07) is 5.44. The van der Waals surface area contributed by atoms with Gasteiger partial charge >= 0.3 is 0 Å². The molecule has 1 saturated carbocycles. The molecule has 1 aliphatic carbocycles. The van der Waals surface area contributed by atoms with Crippen molar-refractivity contribution in [3.63, 3.8) is 0 Å². The third-order valence-corrected chi connectivity index (χ3v) is 3.96. The topological polar surface area (TPSA) is 52.6 Å².